The number of amides is 1. The highest BCUT2D eigenvalue weighted by Crippen LogP contribution is 2.24. The molecule has 6 nitrogen and oxygen atoms in total. The molecule has 2 aromatic heterocycles. The van der Waals surface area contributed by atoms with Crippen LogP contribution in [-0.2, 0) is 0 Å². The number of fused-ring (bicyclic) bond motifs is 3. The Hall–Kier alpha value is -3.15. The molecule has 1 amide bonds. The Balaban J connectivity index is 0.000000143. The molecule has 0 aliphatic heterocycles. The van der Waals surface area contributed by atoms with Crippen LogP contribution >= 0.6 is 0 Å². The molecule has 0 radical (unpaired) electrons. The Morgan fingerprint density at radius 1 is 1.00 bits per heavy atom. The van der Waals surface area contributed by atoms with Gasteiger partial charge < -0.3 is 10.7 Å². The molecule has 2 heterocycles. The number of nitrogens with two attached hydrogens (primary N) is 1. The zero-order chi connectivity index (χ0) is 14.7. The van der Waals surface area contributed by atoms with Crippen LogP contribution in [0.3, 0.4) is 0 Å². The first-order chi connectivity index (χ1) is 10.3. The lowest BCUT2D eigenvalue weighted by molar-refractivity contribution is 0.247. The van der Waals surface area contributed by atoms with Gasteiger partial charge in [-0.2, -0.15) is 4.68 Å². The number of carbonyl (C=O) groups is 1. The number of hydrogen-bond acceptors (Lipinski definition) is 3. The SMILES string of the molecule is NC(=O)n1ccnn1.c1ccc2c(c1)[nH]c1ccccc12. The fourth-order valence-electron chi connectivity index (χ4n) is 2.12. The monoisotopic (exact) mass is 279 g/mol. The summed E-state index contributed by atoms with van der Waals surface area (Å²) in [7, 11) is 0. The van der Waals surface area contributed by atoms with E-state index in [0.717, 1.165) is 4.68 Å². The van der Waals surface area contributed by atoms with Gasteiger partial charge in [0.05, 0.1) is 12.4 Å². The lowest BCUT2D eigenvalue weighted by Crippen LogP contribution is -2.19. The molecule has 4 rings (SSSR count). The summed E-state index contributed by atoms with van der Waals surface area (Å²) >= 11 is 0. The standard InChI is InChI=1S/C12H9N.C3H4N4O/c1-3-7-11-9(5-1)10-6-2-4-8-12(10)13-11;4-3(8)7-2-1-5-6-7/h1-8,13H;1-2H,(H2,4,8). The first kappa shape index (κ1) is 12.9. The number of benzene rings is 2. The number of nitrogens with zero attached hydrogens (tertiary/aromatic N) is 3. The molecule has 0 aliphatic carbocycles. The van der Waals surface area contributed by atoms with Crippen molar-refractivity contribution in [3.05, 3.63) is 60.9 Å². The van der Waals surface area contributed by atoms with Crippen molar-refractivity contribution in [1.82, 2.24) is 20.0 Å². The maximum atomic E-state index is 10.1. The van der Waals surface area contributed by atoms with Crippen LogP contribution in [0.15, 0.2) is 60.9 Å². The third-order valence-electron chi connectivity index (χ3n) is 3.06. The highest BCUT2D eigenvalue weighted by atomic mass is 16.2. The maximum Gasteiger partial charge on any atom is 0.340 e. The van der Waals surface area contributed by atoms with E-state index in [9.17, 15) is 4.79 Å². The Morgan fingerprint density at radius 3 is 2.00 bits per heavy atom. The van der Waals surface area contributed by atoms with Gasteiger partial charge in [0.15, 0.2) is 0 Å². The molecule has 3 N–H and O–H groups in total. The molecular weight excluding hydrogens is 266 g/mol. The number of carbonyl (C=O) groups excluding carboxylic acids is 1. The van der Waals surface area contributed by atoms with E-state index in [0.29, 0.717) is 0 Å². The highest BCUT2D eigenvalue weighted by molar-refractivity contribution is 6.06. The van der Waals surface area contributed by atoms with Crippen LogP contribution in [0, 0.1) is 0 Å². The number of para-hydroxylation sites is 2. The van der Waals surface area contributed by atoms with Crippen molar-refractivity contribution in [2.24, 2.45) is 5.73 Å². The van der Waals surface area contributed by atoms with E-state index in [1.165, 1.54) is 34.2 Å². The molecule has 0 saturated carbocycles. The largest absolute Gasteiger partial charge is 0.355 e. The normalized spacial score (nSPS) is 10.3. The molecule has 21 heavy (non-hydrogen) atoms. The number of aromatic amines is 1. The van der Waals surface area contributed by atoms with Crippen LogP contribution < -0.4 is 5.73 Å². The van der Waals surface area contributed by atoms with E-state index in [2.05, 4.69) is 63.8 Å². The lowest BCUT2D eigenvalue weighted by atomic mass is 10.2. The number of nitrogens with one attached hydrogen (secondary N) is 1. The topological polar surface area (TPSA) is 89.6 Å². The summed E-state index contributed by atoms with van der Waals surface area (Å²) < 4.78 is 0.944. The van der Waals surface area contributed by atoms with Gasteiger partial charge in [-0.1, -0.05) is 41.6 Å². The van der Waals surface area contributed by atoms with E-state index < -0.39 is 6.03 Å². The van der Waals surface area contributed by atoms with E-state index in [4.69, 9.17) is 5.73 Å². The Bertz CT molecular complexity index is 829. The lowest BCUT2D eigenvalue weighted by Gasteiger charge is -1.87. The summed E-state index contributed by atoms with van der Waals surface area (Å²) in [6.07, 6.45) is 2.76. The average molecular weight is 279 g/mol. The molecule has 0 spiro atoms. The van der Waals surface area contributed by atoms with Crippen LogP contribution in [0.25, 0.3) is 21.8 Å². The van der Waals surface area contributed by atoms with Crippen molar-refractivity contribution in [2.45, 2.75) is 0 Å². The number of hydrogen-bond donors (Lipinski definition) is 2. The molecule has 0 fully saturated rings. The summed E-state index contributed by atoms with van der Waals surface area (Å²) in [5, 5.41) is 9.27. The second-order valence-corrected chi connectivity index (χ2v) is 4.40. The fraction of sp³-hybridized carbons (Fsp3) is 0. The molecule has 4 aromatic rings. The predicted molar refractivity (Wildman–Crippen MR) is 80.8 cm³/mol. The summed E-state index contributed by atoms with van der Waals surface area (Å²) in [6, 6.07) is 16.1. The molecule has 0 bridgehead atoms. The van der Waals surface area contributed by atoms with E-state index in [-0.39, 0.29) is 0 Å². The third-order valence-corrected chi connectivity index (χ3v) is 3.06. The third kappa shape index (κ3) is 2.59. The Kier molecular flexibility index (Phi) is 3.34. The number of H-pyrrole nitrogens is 1. The van der Waals surface area contributed by atoms with Crippen molar-refractivity contribution in [1.29, 1.82) is 0 Å². The summed E-state index contributed by atoms with van der Waals surface area (Å²) in [6.45, 7) is 0. The fourth-order valence-corrected chi connectivity index (χ4v) is 2.12. The van der Waals surface area contributed by atoms with Crippen LogP contribution in [-0.4, -0.2) is 26.0 Å². The smallest absolute Gasteiger partial charge is 0.340 e. The molecule has 0 unspecified atom stereocenters. The molecule has 0 aliphatic rings. The van der Waals surface area contributed by atoms with Gasteiger partial charge in [-0.05, 0) is 12.1 Å². The highest BCUT2D eigenvalue weighted by Gasteiger charge is 2.00. The Morgan fingerprint density at radius 2 is 1.57 bits per heavy atom. The quantitative estimate of drug-likeness (QED) is 0.518. The molecule has 0 atom stereocenters. The van der Waals surface area contributed by atoms with Gasteiger partial charge in [0, 0.05) is 21.8 Å². The summed E-state index contributed by atoms with van der Waals surface area (Å²) in [4.78, 5) is 13.5. The van der Waals surface area contributed by atoms with Gasteiger partial charge in [-0.3, -0.25) is 0 Å². The van der Waals surface area contributed by atoms with Gasteiger partial charge in [0.25, 0.3) is 0 Å². The van der Waals surface area contributed by atoms with Crippen LogP contribution in [0.2, 0.25) is 0 Å². The second kappa shape index (κ2) is 5.46. The van der Waals surface area contributed by atoms with E-state index in [1.54, 1.807) is 0 Å². The van der Waals surface area contributed by atoms with Crippen molar-refractivity contribution >= 4 is 27.8 Å². The predicted octanol–water partition coefficient (Wildman–Crippen LogP) is 2.53. The van der Waals surface area contributed by atoms with Crippen molar-refractivity contribution in [3.63, 3.8) is 0 Å². The first-order valence-corrected chi connectivity index (χ1v) is 6.37. The minimum atomic E-state index is -0.623. The van der Waals surface area contributed by atoms with Gasteiger partial charge in [0.2, 0.25) is 0 Å². The van der Waals surface area contributed by atoms with Gasteiger partial charge in [-0.25, -0.2) is 4.79 Å². The average Bonchev–Trinajstić information content (AvgIpc) is 3.15. The minimum absolute atomic E-state index is 0.623. The number of primary amides is 1. The van der Waals surface area contributed by atoms with Crippen LogP contribution in [0.1, 0.15) is 0 Å². The minimum Gasteiger partial charge on any atom is -0.355 e. The zero-order valence-electron chi connectivity index (χ0n) is 11.1. The number of aromatic nitrogens is 4. The van der Waals surface area contributed by atoms with E-state index in [1.807, 2.05) is 0 Å². The molecule has 0 saturated heterocycles. The number of rotatable bonds is 0. The van der Waals surface area contributed by atoms with Gasteiger partial charge in [0.1, 0.15) is 0 Å². The summed E-state index contributed by atoms with van der Waals surface area (Å²) in [5.41, 5.74) is 7.20. The van der Waals surface area contributed by atoms with Crippen LogP contribution in [0.5, 0.6) is 0 Å². The van der Waals surface area contributed by atoms with Crippen molar-refractivity contribution < 1.29 is 4.79 Å². The van der Waals surface area contributed by atoms with E-state index >= 15 is 0 Å². The summed E-state index contributed by atoms with van der Waals surface area (Å²) in [5.74, 6) is 0. The first-order valence-electron chi connectivity index (χ1n) is 6.37. The molecule has 2 aromatic carbocycles. The molecular formula is C15H13N5O. The Labute approximate surface area is 120 Å². The van der Waals surface area contributed by atoms with Crippen LogP contribution in [0.4, 0.5) is 4.79 Å². The van der Waals surface area contributed by atoms with Gasteiger partial charge >= 0.3 is 6.03 Å². The van der Waals surface area contributed by atoms with Crippen molar-refractivity contribution in [3.8, 4) is 0 Å². The second-order valence-electron chi connectivity index (χ2n) is 4.40. The zero-order valence-corrected chi connectivity index (χ0v) is 11.1. The van der Waals surface area contributed by atoms with Gasteiger partial charge in [-0.15, -0.1) is 5.10 Å². The maximum absolute atomic E-state index is 10.1. The molecule has 104 valence electrons. The van der Waals surface area contributed by atoms with Crippen molar-refractivity contribution in [2.75, 3.05) is 0 Å². The molecule has 6 heteroatoms.